The van der Waals surface area contributed by atoms with Gasteiger partial charge < -0.3 is 14.8 Å². The summed E-state index contributed by atoms with van der Waals surface area (Å²) in [5, 5.41) is 21.4. The summed E-state index contributed by atoms with van der Waals surface area (Å²) >= 11 is 0. The van der Waals surface area contributed by atoms with Crippen LogP contribution >= 0.6 is 0 Å². The molecule has 2 N–H and O–H groups in total. The Bertz CT molecular complexity index is 826. The van der Waals surface area contributed by atoms with Crippen molar-refractivity contribution in [3.05, 3.63) is 39.1 Å². The molecule has 0 saturated carbocycles. The second-order valence-corrected chi connectivity index (χ2v) is 6.30. The van der Waals surface area contributed by atoms with Gasteiger partial charge in [-0.25, -0.2) is 0 Å². The maximum atomic E-state index is 11.4. The summed E-state index contributed by atoms with van der Waals surface area (Å²) in [6.07, 6.45) is 1.67. The van der Waals surface area contributed by atoms with E-state index in [0.717, 1.165) is 17.5 Å². The summed E-state index contributed by atoms with van der Waals surface area (Å²) < 4.78 is 5.93. The van der Waals surface area contributed by atoms with Gasteiger partial charge in [0.25, 0.3) is 5.69 Å². The standard InChI is InChI=1S/C17H20N2O5/c1-3-7-17(9-13(20)21)16-11(6-8-24-17)14-12(19(22)23)5-4-10(2)15(14)18-16/h4-5,18H,3,6-9H2,1-2H3,(H,20,21). The van der Waals surface area contributed by atoms with E-state index in [2.05, 4.69) is 4.98 Å². The molecule has 0 spiro atoms. The highest BCUT2D eigenvalue weighted by Crippen LogP contribution is 2.44. The van der Waals surface area contributed by atoms with Crippen LogP contribution in [0.2, 0.25) is 0 Å². The largest absolute Gasteiger partial charge is 0.481 e. The van der Waals surface area contributed by atoms with Gasteiger partial charge in [0, 0.05) is 6.07 Å². The first-order chi connectivity index (χ1) is 11.4. The van der Waals surface area contributed by atoms with E-state index < -0.39 is 11.6 Å². The van der Waals surface area contributed by atoms with Gasteiger partial charge in [0.05, 0.1) is 34.5 Å². The minimum atomic E-state index is -0.951. The smallest absolute Gasteiger partial charge is 0.306 e. The third-order valence-electron chi connectivity index (χ3n) is 4.72. The van der Waals surface area contributed by atoms with Crippen molar-refractivity contribution in [2.45, 2.75) is 45.1 Å². The zero-order chi connectivity index (χ0) is 17.5. The second-order valence-electron chi connectivity index (χ2n) is 6.30. The lowest BCUT2D eigenvalue weighted by atomic mass is 9.84. The van der Waals surface area contributed by atoms with Gasteiger partial charge in [-0.3, -0.25) is 14.9 Å². The van der Waals surface area contributed by atoms with E-state index in [9.17, 15) is 20.0 Å². The number of nitro groups is 1. The number of aromatic amines is 1. The Morgan fingerprint density at radius 1 is 1.50 bits per heavy atom. The lowest BCUT2D eigenvalue weighted by Crippen LogP contribution is -2.37. The molecule has 0 saturated heterocycles. The number of benzene rings is 1. The maximum Gasteiger partial charge on any atom is 0.306 e. The van der Waals surface area contributed by atoms with Crippen LogP contribution in [0.25, 0.3) is 10.9 Å². The third-order valence-corrected chi connectivity index (χ3v) is 4.72. The number of nitrogens with zero attached hydrogens (tertiary/aromatic N) is 1. The van der Waals surface area contributed by atoms with E-state index in [1.165, 1.54) is 6.07 Å². The number of ether oxygens (including phenoxy) is 1. The summed E-state index contributed by atoms with van der Waals surface area (Å²) in [6, 6.07) is 3.22. The Kier molecular flexibility index (Phi) is 4.04. The van der Waals surface area contributed by atoms with Crippen molar-refractivity contribution in [2.24, 2.45) is 0 Å². The highest BCUT2D eigenvalue weighted by molar-refractivity contribution is 5.95. The van der Waals surface area contributed by atoms with Crippen molar-refractivity contribution in [3.8, 4) is 0 Å². The molecule has 1 aliphatic heterocycles. The predicted octanol–water partition coefficient (Wildman–Crippen LogP) is 3.43. The van der Waals surface area contributed by atoms with E-state index in [-0.39, 0.29) is 17.0 Å². The normalized spacial score (nSPS) is 20.1. The molecule has 0 amide bonds. The first-order valence-corrected chi connectivity index (χ1v) is 8.04. The van der Waals surface area contributed by atoms with Crippen molar-refractivity contribution in [1.82, 2.24) is 4.98 Å². The van der Waals surface area contributed by atoms with Crippen LogP contribution in [0.5, 0.6) is 0 Å². The lowest BCUT2D eigenvalue weighted by molar-refractivity contribution is -0.383. The van der Waals surface area contributed by atoms with E-state index in [0.29, 0.717) is 36.0 Å². The Morgan fingerprint density at radius 3 is 2.88 bits per heavy atom. The predicted molar refractivity (Wildman–Crippen MR) is 88.2 cm³/mol. The molecule has 1 aliphatic rings. The number of nitro benzene ring substituents is 1. The maximum absolute atomic E-state index is 11.4. The highest BCUT2D eigenvalue weighted by Gasteiger charge is 2.42. The van der Waals surface area contributed by atoms with Gasteiger partial charge in [-0.15, -0.1) is 0 Å². The van der Waals surface area contributed by atoms with Crippen LogP contribution in [0.4, 0.5) is 5.69 Å². The number of carboxylic acid groups (broad SMARTS) is 1. The van der Waals surface area contributed by atoms with E-state index in [1.54, 1.807) is 6.07 Å². The summed E-state index contributed by atoms with van der Waals surface area (Å²) in [5.74, 6) is -0.943. The molecular formula is C17H20N2O5. The number of carboxylic acids is 1. The quantitative estimate of drug-likeness (QED) is 0.644. The Morgan fingerprint density at radius 2 is 2.25 bits per heavy atom. The number of aryl methyl sites for hydroxylation is 1. The molecule has 3 rings (SSSR count). The van der Waals surface area contributed by atoms with Gasteiger partial charge in [-0.05, 0) is 30.9 Å². The monoisotopic (exact) mass is 332 g/mol. The van der Waals surface area contributed by atoms with Crippen LogP contribution in [0.1, 0.15) is 43.0 Å². The second kappa shape index (κ2) is 5.90. The van der Waals surface area contributed by atoms with Crippen LogP contribution in [-0.4, -0.2) is 27.6 Å². The number of hydrogen-bond acceptors (Lipinski definition) is 4. The number of non-ortho nitro benzene ring substituents is 1. The van der Waals surface area contributed by atoms with Crippen molar-refractivity contribution in [2.75, 3.05) is 6.61 Å². The molecular weight excluding hydrogens is 312 g/mol. The summed E-state index contributed by atoms with van der Waals surface area (Å²) in [5.41, 5.74) is 2.20. The number of H-pyrrole nitrogens is 1. The number of carbonyl (C=O) groups is 1. The average Bonchev–Trinajstić information content (AvgIpc) is 2.89. The Labute approximate surface area is 138 Å². The Hall–Kier alpha value is -2.41. The minimum Gasteiger partial charge on any atom is -0.481 e. The molecule has 0 radical (unpaired) electrons. The fourth-order valence-electron chi connectivity index (χ4n) is 3.77. The summed E-state index contributed by atoms with van der Waals surface area (Å²) in [6.45, 7) is 4.21. The number of hydrogen-bond donors (Lipinski definition) is 2. The first kappa shape index (κ1) is 16.4. The molecule has 0 bridgehead atoms. The van der Waals surface area contributed by atoms with E-state index in [1.807, 2.05) is 13.8 Å². The van der Waals surface area contributed by atoms with Gasteiger partial charge in [0.15, 0.2) is 0 Å². The van der Waals surface area contributed by atoms with Crippen LogP contribution in [-0.2, 0) is 21.6 Å². The Balaban J connectivity index is 2.32. The first-order valence-electron chi connectivity index (χ1n) is 8.04. The molecule has 0 fully saturated rings. The molecule has 24 heavy (non-hydrogen) atoms. The van der Waals surface area contributed by atoms with E-state index >= 15 is 0 Å². The molecule has 2 heterocycles. The molecule has 2 aromatic rings. The van der Waals surface area contributed by atoms with Crippen molar-refractivity contribution < 1.29 is 19.6 Å². The van der Waals surface area contributed by atoms with Crippen LogP contribution in [0.3, 0.4) is 0 Å². The zero-order valence-corrected chi connectivity index (χ0v) is 13.7. The number of aliphatic carboxylic acids is 1. The minimum absolute atomic E-state index is 0.0516. The molecule has 128 valence electrons. The number of nitrogens with one attached hydrogen (secondary N) is 1. The van der Waals surface area contributed by atoms with Crippen molar-refractivity contribution in [1.29, 1.82) is 0 Å². The van der Waals surface area contributed by atoms with E-state index in [4.69, 9.17) is 4.74 Å². The number of fused-ring (bicyclic) bond motifs is 3. The average molecular weight is 332 g/mol. The van der Waals surface area contributed by atoms with Gasteiger partial charge in [0.1, 0.15) is 5.60 Å². The molecule has 0 aliphatic carbocycles. The van der Waals surface area contributed by atoms with Crippen LogP contribution in [0, 0.1) is 17.0 Å². The highest BCUT2D eigenvalue weighted by atomic mass is 16.6. The summed E-state index contributed by atoms with van der Waals surface area (Å²) in [4.78, 5) is 25.7. The molecule has 1 aromatic heterocycles. The molecule has 1 unspecified atom stereocenters. The van der Waals surface area contributed by atoms with Gasteiger partial charge in [-0.1, -0.05) is 19.4 Å². The van der Waals surface area contributed by atoms with Gasteiger partial charge >= 0.3 is 5.97 Å². The lowest BCUT2D eigenvalue weighted by Gasteiger charge is -2.36. The topological polar surface area (TPSA) is 105 Å². The third kappa shape index (κ3) is 2.45. The number of rotatable bonds is 5. The SMILES string of the molecule is CCCC1(CC(=O)O)OCCc2c1[nH]c1c(C)ccc([N+](=O)[O-])c21. The van der Waals surface area contributed by atoms with Gasteiger partial charge in [0.2, 0.25) is 0 Å². The zero-order valence-electron chi connectivity index (χ0n) is 13.7. The molecule has 7 heteroatoms. The van der Waals surface area contributed by atoms with Crippen LogP contribution in [0.15, 0.2) is 12.1 Å². The summed E-state index contributed by atoms with van der Waals surface area (Å²) in [7, 11) is 0. The fourth-order valence-corrected chi connectivity index (χ4v) is 3.77. The van der Waals surface area contributed by atoms with Crippen molar-refractivity contribution >= 4 is 22.6 Å². The molecule has 7 nitrogen and oxygen atoms in total. The molecule has 1 aromatic carbocycles. The van der Waals surface area contributed by atoms with Crippen molar-refractivity contribution in [3.63, 3.8) is 0 Å². The number of aromatic nitrogens is 1. The molecule has 1 atom stereocenters. The van der Waals surface area contributed by atoms with Gasteiger partial charge in [-0.2, -0.15) is 0 Å². The van der Waals surface area contributed by atoms with Crippen LogP contribution < -0.4 is 0 Å². The fraction of sp³-hybridized carbons (Fsp3) is 0.471.